The van der Waals surface area contributed by atoms with Crippen molar-refractivity contribution in [2.45, 2.75) is 106 Å². The van der Waals surface area contributed by atoms with Gasteiger partial charge in [0, 0.05) is 75.9 Å². The molecule has 0 saturated carbocycles. The number of allylic oxidation sites excluding steroid dienone is 2. The molecule has 0 aliphatic heterocycles. The molecule has 0 saturated heterocycles. The van der Waals surface area contributed by atoms with Gasteiger partial charge >= 0.3 is 0 Å². The molecule has 0 bridgehead atoms. The van der Waals surface area contributed by atoms with Crippen LogP contribution in [0.3, 0.4) is 0 Å². The summed E-state index contributed by atoms with van der Waals surface area (Å²) < 4.78 is 1.26. The number of fused-ring (bicyclic) bond motifs is 6. The van der Waals surface area contributed by atoms with E-state index in [4.69, 9.17) is 4.98 Å². The maximum Gasteiger partial charge on any atom is 0.164 e. The molecule has 6 heteroatoms. The van der Waals surface area contributed by atoms with Gasteiger partial charge in [-0.2, -0.15) is 0 Å². The standard InChI is InChI=1S/C28H23N2S.C15H28O2.Ir/c1-28(2,3)23-16-18(15-17-7-4-5-8-19(17)23)25-27-21(12-14-30-25)20-10-11-24-22(26(20)31-27)9-6-13-29-24;1-7-14(5,8-2)12(16)11-13(17)15(6,9-3)10-4;/h4-9,12-14,16H,10-11H2,1-3H3;11,16H,7-10H2,1-6H3;/q-1;;/b;12-11-;. The SMILES string of the molecule is CC(C)(C)c1cc(-c2nccc3c4c(sc23)-c2cccnc2CC4)[c-]c2ccccc12.CCC(C)(CC)C(=O)/C=C(\O)C(C)(CC)CC.[Ir]. The van der Waals surface area contributed by atoms with E-state index in [0.29, 0.717) is 0 Å². The predicted molar refractivity (Wildman–Crippen MR) is 204 cm³/mol. The number of hydrogen-bond donors (Lipinski definition) is 1. The molecular weight excluding hydrogens is 801 g/mol. The molecule has 0 fully saturated rings. The Balaban J connectivity index is 0.000000260. The van der Waals surface area contributed by atoms with Gasteiger partial charge in [0.15, 0.2) is 5.78 Å². The smallest absolute Gasteiger partial charge is 0.164 e. The second kappa shape index (κ2) is 15.4. The Bertz CT molecular complexity index is 1980. The monoisotopic (exact) mass is 852 g/mol. The van der Waals surface area contributed by atoms with Crippen LogP contribution in [0.1, 0.15) is 105 Å². The second-order valence-electron chi connectivity index (χ2n) is 14.8. The fraction of sp³-hybridized carbons (Fsp3) is 0.419. The number of carbonyl (C=O) groups excluding carboxylic acids is 1. The van der Waals surface area contributed by atoms with Gasteiger partial charge in [-0.25, -0.2) is 0 Å². The average molecular weight is 852 g/mol. The van der Waals surface area contributed by atoms with Gasteiger partial charge in [0.1, 0.15) is 5.76 Å². The molecule has 3 aromatic heterocycles. The average Bonchev–Trinajstić information content (AvgIpc) is 3.49. The van der Waals surface area contributed by atoms with Gasteiger partial charge in [-0.05, 0) is 67.0 Å². The maximum atomic E-state index is 12.2. The van der Waals surface area contributed by atoms with Crippen molar-refractivity contribution < 1.29 is 30.0 Å². The minimum Gasteiger partial charge on any atom is -0.512 e. The zero-order valence-electron chi connectivity index (χ0n) is 30.6. The topological polar surface area (TPSA) is 63.1 Å². The molecule has 49 heavy (non-hydrogen) atoms. The molecule has 5 aromatic rings. The summed E-state index contributed by atoms with van der Waals surface area (Å²) in [5.41, 5.74) is 6.84. The van der Waals surface area contributed by atoms with Crippen molar-refractivity contribution in [1.82, 2.24) is 9.97 Å². The number of thiophene rings is 1. The number of carbonyl (C=O) groups is 1. The number of aliphatic hydroxyl groups excluding tert-OH is 1. The predicted octanol–water partition coefficient (Wildman–Crippen LogP) is 12.0. The number of pyridine rings is 2. The van der Waals surface area contributed by atoms with E-state index >= 15 is 0 Å². The number of rotatable bonds is 8. The number of aliphatic hydroxyl groups is 1. The molecule has 0 amide bonds. The van der Waals surface area contributed by atoms with Crippen LogP contribution in [-0.2, 0) is 43.2 Å². The molecule has 4 nitrogen and oxygen atoms in total. The number of aromatic nitrogens is 2. The van der Waals surface area contributed by atoms with E-state index < -0.39 is 0 Å². The van der Waals surface area contributed by atoms with E-state index in [0.717, 1.165) is 55.2 Å². The fourth-order valence-corrected chi connectivity index (χ4v) is 7.88. The van der Waals surface area contributed by atoms with Crippen LogP contribution < -0.4 is 0 Å². The van der Waals surface area contributed by atoms with E-state index in [1.165, 1.54) is 48.8 Å². The normalized spacial score (nSPS) is 13.3. The molecule has 1 N–H and O–H groups in total. The summed E-state index contributed by atoms with van der Waals surface area (Å²) in [7, 11) is 0. The molecule has 0 unspecified atom stereocenters. The fourth-order valence-electron chi connectivity index (χ4n) is 6.48. The van der Waals surface area contributed by atoms with Crippen LogP contribution in [0.4, 0.5) is 0 Å². The maximum absolute atomic E-state index is 12.2. The third-order valence-corrected chi connectivity index (χ3v) is 12.2. The van der Waals surface area contributed by atoms with Crippen LogP contribution in [0.2, 0.25) is 0 Å². The van der Waals surface area contributed by atoms with Crippen LogP contribution in [0.15, 0.2) is 72.8 Å². The van der Waals surface area contributed by atoms with E-state index in [1.54, 1.807) is 0 Å². The Morgan fingerprint density at radius 2 is 1.53 bits per heavy atom. The molecular formula is C43H51IrN2O2S-. The van der Waals surface area contributed by atoms with Crippen molar-refractivity contribution in [2.75, 3.05) is 0 Å². The van der Waals surface area contributed by atoms with Crippen LogP contribution in [0, 0.1) is 16.9 Å². The summed E-state index contributed by atoms with van der Waals surface area (Å²) in [5, 5.41) is 13.9. The van der Waals surface area contributed by atoms with Crippen molar-refractivity contribution in [1.29, 1.82) is 0 Å². The van der Waals surface area contributed by atoms with Gasteiger partial charge < -0.3 is 5.11 Å². The first kappa shape index (κ1) is 38.6. The molecule has 0 atom stereocenters. The van der Waals surface area contributed by atoms with Gasteiger partial charge in [-0.15, -0.1) is 40.5 Å². The summed E-state index contributed by atoms with van der Waals surface area (Å²) in [4.78, 5) is 23.0. The first-order chi connectivity index (χ1) is 22.8. The summed E-state index contributed by atoms with van der Waals surface area (Å²) in [6.45, 7) is 18.9. The second-order valence-corrected chi connectivity index (χ2v) is 15.8. The molecule has 6 rings (SSSR count). The van der Waals surface area contributed by atoms with Gasteiger partial charge in [0.25, 0.3) is 0 Å². The summed E-state index contributed by atoms with van der Waals surface area (Å²) >= 11 is 1.86. The third-order valence-electron chi connectivity index (χ3n) is 10.9. The van der Waals surface area contributed by atoms with Crippen LogP contribution in [0.5, 0.6) is 0 Å². The van der Waals surface area contributed by atoms with Gasteiger partial charge in [-0.3, -0.25) is 14.8 Å². The number of benzene rings is 2. The van der Waals surface area contributed by atoms with Crippen LogP contribution in [-0.4, -0.2) is 20.9 Å². The first-order valence-electron chi connectivity index (χ1n) is 17.6. The van der Waals surface area contributed by atoms with E-state index in [1.807, 2.05) is 71.3 Å². The third kappa shape index (κ3) is 7.62. The van der Waals surface area contributed by atoms with Crippen LogP contribution >= 0.6 is 11.3 Å². The summed E-state index contributed by atoms with van der Waals surface area (Å²) in [5.74, 6) is 0.286. The summed E-state index contributed by atoms with van der Waals surface area (Å²) in [6.07, 6.45) is 10.7. The number of hydrogen-bond acceptors (Lipinski definition) is 5. The van der Waals surface area contributed by atoms with Gasteiger partial charge in [0.05, 0.1) is 0 Å². The van der Waals surface area contributed by atoms with Crippen molar-refractivity contribution in [2.24, 2.45) is 10.8 Å². The molecule has 1 aliphatic rings. The van der Waals surface area contributed by atoms with Crippen molar-refractivity contribution in [3.63, 3.8) is 0 Å². The largest absolute Gasteiger partial charge is 0.512 e. The van der Waals surface area contributed by atoms with E-state index in [2.05, 4.69) is 74.3 Å². The van der Waals surface area contributed by atoms with Gasteiger partial charge in [-0.1, -0.05) is 97.5 Å². The quantitative estimate of drug-likeness (QED) is 0.0960. The summed E-state index contributed by atoms with van der Waals surface area (Å²) in [6, 6.07) is 21.0. The molecule has 1 aliphatic carbocycles. The molecule has 0 spiro atoms. The van der Waals surface area contributed by atoms with Gasteiger partial charge in [0.2, 0.25) is 0 Å². The molecule has 3 heterocycles. The zero-order valence-corrected chi connectivity index (χ0v) is 33.8. The Labute approximate surface area is 310 Å². The minimum absolute atomic E-state index is 0. The number of aryl methyl sites for hydroxylation is 2. The Hall–Kier alpha value is -3.18. The minimum atomic E-state index is -0.337. The first-order valence-corrected chi connectivity index (χ1v) is 18.4. The molecule has 2 aromatic carbocycles. The zero-order chi connectivity index (χ0) is 34.9. The Kier molecular flexibility index (Phi) is 12.1. The molecule has 1 radical (unpaired) electrons. The van der Waals surface area contributed by atoms with E-state index in [9.17, 15) is 9.90 Å². The Morgan fingerprint density at radius 3 is 2.18 bits per heavy atom. The Morgan fingerprint density at radius 1 is 0.857 bits per heavy atom. The van der Waals surface area contributed by atoms with Crippen molar-refractivity contribution >= 4 is 38.0 Å². The number of nitrogens with zero attached hydrogens (tertiary/aromatic N) is 2. The number of ketones is 1. The van der Waals surface area contributed by atoms with Crippen molar-refractivity contribution in [3.05, 3.63) is 95.6 Å². The molecule has 261 valence electrons. The van der Waals surface area contributed by atoms with Crippen LogP contribution in [0.25, 0.3) is 42.6 Å². The van der Waals surface area contributed by atoms with Crippen molar-refractivity contribution in [3.8, 4) is 21.7 Å². The van der Waals surface area contributed by atoms with E-state index in [-0.39, 0.29) is 47.9 Å².